The van der Waals surface area contributed by atoms with Gasteiger partial charge in [0.05, 0.1) is 17.3 Å². The van der Waals surface area contributed by atoms with Crippen LogP contribution in [-0.4, -0.2) is 39.7 Å². The van der Waals surface area contributed by atoms with Gasteiger partial charge in [0.2, 0.25) is 10.0 Å². The molecule has 0 aliphatic carbocycles. The van der Waals surface area contributed by atoms with Crippen molar-refractivity contribution in [2.75, 3.05) is 11.5 Å². The lowest BCUT2D eigenvalue weighted by Gasteiger charge is -2.01. The van der Waals surface area contributed by atoms with Gasteiger partial charge >= 0.3 is 0 Å². The normalized spacial score (nSPS) is 12.1. The largest absolute Gasteiger partial charge is 0.250 e. The van der Waals surface area contributed by atoms with Crippen LogP contribution in [-0.2, 0) is 17.1 Å². The number of aromatic nitrogens is 4. The first-order valence-corrected chi connectivity index (χ1v) is 7.43. The fraction of sp³-hybridized carbons (Fsp3) is 0.375. The van der Waals surface area contributed by atoms with Gasteiger partial charge in [-0.05, 0) is 0 Å². The van der Waals surface area contributed by atoms with Gasteiger partial charge in [-0.2, -0.15) is 5.10 Å². The first-order valence-electron chi connectivity index (χ1n) is 4.73. The lowest BCUT2D eigenvalue weighted by atomic mass is 10.4. The highest BCUT2D eigenvalue weighted by Gasteiger charge is 2.09. The van der Waals surface area contributed by atoms with Crippen LogP contribution in [0, 0.1) is 0 Å². The van der Waals surface area contributed by atoms with Crippen LogP contribution >= 0.6 is 11.8 Å². The zero-order chi connectivity index (χ0) is 12.5. The van der Waals surface area contributed by atoms with Gasteiger partial charge in [-0.25, -0.2) is 23.5 Å². The van der Waals surface area contributed by atoms with Crippen molar-refractivity contribution in [1.29, 1.82) is 0 Å². The molecule has 0 saturated carbocycles. The number of fused-ring (bicyclic) bond motifs is 1. The van der Waals surface area contributed by atoms with E-state index in [1.807, 2.05) is 0 Å². The Morgan fingerprint density at radius 1 is 1.47 bits per heavy atom. The van der Waals surface area contributed by atoms with E-state index in [1.54, 1.807) is 17.9 Å². The molecule has 0 radical (unpaired) electrons. The molecule has 0 unspecified atom stereocenters. The molecule has 0 fully saturated rings. The molecule has 0 aliphatic heterocycles. The first-order chi connectivity index (χ1) is 7.97. The Kier molecular flexibility index (Phi) is 3.31. The molecule has 0 aliphatic rings. The molecule has 2 N–H and O–H groups in total. The summed E-state index contributed by atoms with van der Waals surface area (Å²) in [6, 6.07) is 0. The number of hydrogen-bond donors (Lipinski definition) is 1. The summed E-state index contributed by atoms with van der Waals surface area (Å²) in [7, 11) is -1.64. The Balaban J connectivity index is 2.19. The molecule has 9 heteroatoms. The lowest BCUT2D eigenvalue weighted by molar-refractivity contribution is 0.599. The maximum Gasteiger partial charge on any atom is 0.209 e. The van der Waals surface area contributed by atoms with Gasteiger partial charge in [-0.1, -0.05) is 0 Å². The molecule has 2 aromatic heterocycles. The van der Waals surface area contributed by atoms with Gasteiger partial charge in [0.15, 0.2) is 5.65 Å². The average Bonchev–Trinajstić information content (AvgIpc) is 2.60. The predicted octanol–water partition coefficient (Wildman–Crippen LogP) is -0.256. The second-order valence-corrected chi connectivity index (χ2v) is 6.22. The summed E-state index contributed by atoms with van der Waals surface area (Å²) in [5.41, 5.74) is 0.720. The molecule has 2 rings (SSSR count). The maximum atomic E-state index is 10.8. The Morgan fingerprint density at radius 3 is 2.94 bits per heavy atom. The molecule has 0 aromatic carbocycles. The Morgan fingerprint density at radius 2 is 2.24 bits per heavy atom. The van der Waals surface area contributed by atoms with Crippen molar-refractivity contribution in [3.8, 4) is 0 Å². The smallest absolute Gasteiger partial charge is 0.209 e. The van der Waals surface area contributed by atoms with Crippen LogP contribution in [0.25, 0.3) is 11.0 Å². The van der Waals surface area contributed by atoms with Gasteiger partial charge in [-0.15, -0.1) is 11.8 Å². The number of hydrogen-bond acceptors (Lipinski definition) is 6. The minimum Gasteiger partial charge on any atom is -0.250 e. The van der Waals surface area contributed by atoms with E-state index in [1.165, 1.54) is 18.1 Å². The van der Waals surface area contributed by atoms with Crippen LogP contribution in [0.15, 0.2) is 17.6 Å². The minimum absolute atomic E-state index is 0.0799. The maximum absolute atomic E-state index is 10.8. The predicted molar refractivity (Wildman–Crippen MR) is 65.0 cm³/mol. The number of thioether (sulfide) groups is 1. The van der Waals surface area contributed by atoms with Gasteiger partial charge in [0, 0.05) is 12.8 Å². The molecule has 0 atom stereocenters. The molecule has 0 saturated heterocycles. The highest BCUT2D eigenvalue weighted by atomic mass is 32.2. The Bertz CT molecular complexity index is 636. The van der Waals surface area contributed by atoms with Crippen LogP contribution in [0.1, 0.15) is 0 Å². The van der Waals surface area contributed by atoms with E-state index in [0.717, 1.165) is 11.0 Å². The van der Waals surface area contributed by atoms with E-state index in [4.69, 9.17) is 5.14 Å². The molecular formula is C8H11N5O2S2. The zero-order valence-corrected chi connectivity index (χ0v) is 10.7. The van der Waals surface area contributed by atoms with E-state index in [2.05, 4.69) is 15.1 Å². The van der Waals surface area contributed by atoms with E-state index in [0.29, 0.717) is 10.8 Å². The summed E-state index contributed by atoms with van der Waals surface area (Å²) in [5.74, 6) is 0.281. The van der Waals surface area contributed by atoms with Crippen molar-refractivity contribution in [2.24, 2.45) is 12.2 Å². The van der Waals surface area contributed by atoms with Crippen LogP contribution in [0.2, 0.25) is 0 Å². The third-order valence-electron chi connectivity index (χ3n) is 2.10. The van der Waals surface area contributed by atoms with E-state index in [9.17, 15) is 8.42 Å². The van der Waals surface area contributed by atoms with Crippen molar-refractivity contribution in [1.82, 2.24) is 19.7 Å². The molecule has 0 spiro atoms. The van der Waals surface area contributed by atoms with Crippen molar-refractivity contribution >= 4 is 32.8 Å². The number of aryl methyl sites for hydroxylation is 1. The summed E-state index contributed by atoms with van der Waals surface area (Å²) in [6.07, 6.45) is 3.10. The quantitative estimate of drug-likeness (QED) is 0.608. The van der Waals surface area contributed by atoms with Crippen molar-refractivity contribution in [3.63, 3.8) is 0 Å². The molecule has 2 heterocycles. The number of nitrogens with zero attached hydrogens (tertiary/aromatic N) is 4. The highest BCUT2D eigenvalue weighted by molar-refractivity contribution is 8.00. The van der Waals surface area contributed by atoms with Crippen molar-refractivity contribution < 1.29 is 8.42 Å². The van der Waals surface area contributed by atoms with Crippen LogP contribution in [0.4, 0.5) is 0 Å². The van der Waals surface area contributed by atoms with Crippen LogP contribution < -0.4 is 5.14 Å². The molecule has 17 heavy (non-hydrogen) atoms. The average molecular weight is 273 g/mol. The number of rotatable bonds is 4. The summed E-state index contributed by atoms with van der Waals surface area (Å²) >= 11 is 1.33. The number of nitrogens with two attached hydrogens (primary N) is 1. The molecule has 92 valence electrons. The summed E-state index contributed by atoms with van der Waals surface area (Å²) < 4.78 is 23.2. The Hall–Kier alpha value is -1.19. The van der Waals surface area contributed by atoms with Crippen molar-refractivity contribution in [2.45, 2.75) is 5.03 Å². The third kappa shape index (κ3) is 2.93. The Labute approximate surface area is 102 Å². The monoisotopic (exact) mass is 273 g/mol. The first kappa shape index (κ1) is 12.3. The second kappa shape index (κ2) is 4.59. The highest BCUT2D eigenvalue weighted by Crippen LogP contribution is 2.23. The molecule has 0 bridgehead atoms. The molecule has 2 aromatic rings. The van der Waals surface area contributed by atoms with Gasteiger partial charge in [-0.3, -0.25) is 4.68 Å². The van der Waals surface area contributed by atoms with E-state index < -0.39 is 10.0 Å². The minimum atomic E-state index is -3.43. The SMILES string of the molecule is Cn1ncc2c(SCCS(N)(=O)=O)ncnc21. The van der Waals surface area contributed by atoms with Gasteiger partial charge < -0.3 is 0 Å². The fourth-order valence-corrected chi connectivity index (χ4v) is 3.19. The van der Waals surface area contributed by atoms with E-state index in [-0.39, 0.29) is 5.75 Å². The summed E-state index contributed by atoms with van der Waals surface area (Å²) in [6.45, 7) is 0. The third-order valence-corrected chi connectivity index (χ3v) is 4.14. The zero-order valence-electron chi connectivity index (χ0n) is 9.07. The van der Waals surface area contributed by atoms with Gasteiger partial charge in [0.1, 0.15) is 11.4 Å². The van der Waals surface area contributed by atoms with Gasteiger partial charge in [0.25, 0.3) is 0 Å². The molecule has 0 amide bonds. The second-order valence-electron chi connectivity index (χ2n) is 3.40. The molecular weight excluding hydrogens is 262 g/mol. The van der Waals surface area contributed by atoms with Crippen molar-refractivity contribution in [3.05, 3.63) is 12.5 Å². The lowest BCUT2D eigenvalue weighted by Crippen LogP contribution is -2.17. The summed E-state index contributed by atoms with van der Waals surface area (Å²) in [5, 5.41) is 10.5. The fourth-order valence-electron chi connectivity index (χ4n) is 1.31. The van der Waals surface area contributed by atoms with Crippen LogP contribution in [0.3, 0.4) is 0 Å². The molecule has 7 nitrogen and oxygen atoms in total. The van der Waals surface area contributed by atoms with Crippen LogP contribution in [0.5, 0.6) is 0 Å². The topological polar surface area (TPSA) is 104 Å². The number of sulfonamides is 1. The van der Waals surface area contributed by atoms with E-state index >= 15 is 0 Å². The summed E-state index contributed by atoms with van der Waals surface area (Å²) in [4.78, 5) is 8.19. The number of primary sulfonamides is 1. The standard InChI is InChI=1S/C8H11N5O2S2/c1-13-7-6(4-12-13)8(11-5-10-7)16-2-3-17(9,14)15/h4-5H,2-3H2,1H3,(H2,9,14,15).